The van der Waals surface area contributed by atoms with Crippen LogP contribution in [0.4, 0.5) is 0 Å². The Morgan fingerprint density at radius 1 is 1.23 bits per heavy atom. The molecule has 1 rings (SSSR count). The van der Waals surface area contributed by atoms with Crippen LogP contribution in [-0.2, 0) is 0 Å². The van der Waals surface area contributed by atoms with Crippen molar-refractivity contribution in [2.24, 2.45) is 5.92 Å². The normalized spacial score (nSPS) is 22.2. The molecule has 78 valence electrons. The molecule has 1 aliphatic rings. The monoisotopic (exact) mass is 185 g/mol. The molecule has 0 bridgehead atoms. The van der Waals surface area contributed by atoms with Crippen LogP contribution < -0.4 is 0 Å². The van der Waals surface area contributed by atoms with Crippen LogP contribution in [-0.4, -0.2) is 36.8 Å². The lowest BCUT2D eigenvalue weighted by Crippen LogP contribution is -2.28. The van der Waals surface area contributed by atoms with Gasteiger partial charge in [-0.3, -0.25) is 0 Å². The van der Waals surface area contributed by atoms with Crippen LogP contribution in [0.25, 0.3) is 0 Å². The SMILES string of the molecule is CN(C)CC(O)CC1CCCCC1. The largest absolute Gasteiger partial charge is 0.392 e. The van der Waals surface area contributed by atoms with E-state index >= 15 is 0 Å². The Morgan fingerprint density at radius 3 is 2.38 bits per heavy atom. The van der Waals surface area contributed by atoms with Crippen LogP contribution in [0, 0.1) is 5.92 Å². The third-order valence-corrected chi connectivity index (χ3v) is 2.91. The second-order valence-electron chi connectivity index (χ2n) is 4.66. The highest BCUT2D eigenvalue weighted by Gasteiger charge is 2.17. The standard InChI is InChI=1S/C11H23NO/c1-12(2)9-11(13)8-10-6-4-3-5-7-10/h10-11,13H,3-9H2,1-2H3. The van der Waals surface area contributed by atoms with E-state index < -0.39 is 0 Å². The van der Waals surface area contributed by atoms with E-state index in [1.54, 1.807) is 0 Å². The molecule has 0 heterocycles. The minimum atomic E-state index is -0.113. The zero-order valence-electron chi connectivity index (χ0n) is 9.00. The van der Waals surface area contributed by atoms with Crippen LogP contribution in [0.3, 0.4) is 0 Å². The van der Waals surface area contributed by atoms with E-state index in [0.29, 0.717) is 0 Å². The van der Waals surface area contributed by atoms with Gasteiger partial charge in [0.05, 0.1) is 6.10 Å². The fourth-order valence-corrected chi connectivity index (χ4v) is 2.30. The van der Waals surface area contributed by atoms with Crippen molar-refractivity contribution in [3.63, 3.8) is 0 Å². The molecule has 13 heavy (non-hydrogen) atoms. The molecule has 2 nitrogen and oxygen atoms in total. The van der Waals surface area contributed by atoms with E-state index in [1.165, 1.54) is 32.1 Å². The summed E-state index contributed by atoms with van der Waals surface area (Å²) in [7, 11) is 4.04. The molecule has 1 fully saturated rings. The molecule has 0 radical (unpaired) electrons. The summed E-state index contributed by atoms with van der Waals surface area (Å²) in [4.78, 5) is 2.06. The first kappa shape index (κ1) is 11.0. The highest BCUT2D eigenvalue weighted by molar-refractivity contribution is 4.70. The van der Waals surface area contributed by atoms with Gasteiger partial charge in [-0.15, -0.1) is 0 Å². The molecule has 0 aromatic carbocycles. The summed E-state index contributed by atoms with van der Waals surface area (Å²) in [6.07, 6.45) is 7.73. The van der Waals surface area contributed by atoms with Gasteiger partial charge < -0.3 is 10.0 Å². The molecule has 0 aromatic rings. The van der Waals surface area contributed by atoms with Gasteiger partial charge in [0.25, 0.3) is 0 Å². The number of nitrogens with zero attached hydrogens (tertiary/aromatic N) is 1. The van der Waals surface area contributed by atoms with Gasteiger partial charge in [0, 0.05) is 6.54 Å². The number of hydrogen-bond donors (Lipinski definition) is 1. The van der Waals surface area contributed by atoms with Crippen molar-refractivity contribution in [2.75, 3.05) is 20.6 Å². The number of rotatable bonds is 4. The second-order valence-corrected chi connectivity index (χ2v) is 4.66. The maximum absolute atomic E-state index is 9.73. The van der Waals surface area contributed by atoms with Gasteiger partial charge in [0.15, 0.2) is 0 Å². The molecule has 0 amide bonds. The zero-order valence-corrected chi connectivity index (χ0v) is 9.00. The van der Waals surface area contributed by atoms with E-state index in [0.717, 1.165) is 18.9 Å². The predicted octanol–water partition coefficient (Wildman–Crippen LogP) is 1.88. The highest BCUT2D eigenvalue weighted by Crippen LogP contribution is 2.27. The quantitative estimate of drug-likeness (QED) is 0.723. The van der Waals surface area contributed by atoms with Crippen molar-refractivity contribution in [3.05, 3.63) is 0 Å². The highest BCUT2D eigenvalue weighted by atomic mass is 16.3. The summed E-state index contributed by atoms with van der Waals surface area (Å²) in [5.41, 5.74) is 0. The lowest BCUT2D eigenvalue weighted by molar-refractivity contribution is 0.102. The average molecular weight is 185 g/mol. The summed E-state index contributed by atoms with van der Waals surface area (Å²) in [5, 5.41) is 9.73. The molecule has 1 N–H and O–H groups in total. The average Bonchev–Trinajstić information content (AvgIpc) is 2.04. The molecule has 2 heteroatoms. The topological polar surface area (TPSA) is 23.5 Å². The maximum Gasteiger partial charge on any atom is 0.0669 e. The number of likely N-dealkylation sites (N-methyl/N-ethyl adjacent to an activating group) is 1. The zero-order chi connectivity index (χ0) is 9.68. The molecule has 0 saturated heterocycles. The molecular weight excluding hydrogens is 162 g/mol. The lowest BCUT2D eigenvalue weighted by atomic mass is 9.85. The summed E-state index contributed by atoms with van der Waals surface area (Å²) in [6, 6.07) is 0. The van der Waals surface area contributed by atoms with E-state index in [-0.39, 0.29) is 6.10 Å². The fraction of sp³-hybridized carbons (Fsp3) is 1.00. The van der Waals surface area contributed by atoms with Crippen LogP contribution >= 0.6 is 0 Å². The van der Waals surface area contributed by atoms with Gasteiger partial charge >= 0.3 is 0 Å². The molecular formula is C11H23NO. The molecule has 1 saturated carbocycles. The first-order valence-corrected chi connectivity index (χ1v) is 5.51. The van der Waals surface area contributed by atoms with E-state index in [1.807, 2.05) is 14.1 Å². The smallest absolute Gasteiger partial charge is 0.0669 e. The Morgan fingerprint density at radius 2 is 1.85 bits per heavy atom. The number of hydrogen-bond acceptors (Lipinski definition) is 2. The Kier molecular flexibility index (Phi) is 4.74. The molecule has 0 spiro atoms. The van der Waals surface area contributed by atoms with Crippen LogP contribution in [0.2, 0.25) is 0 Å². The van der Waals surface area contributed by atoms with Crippen molar-refractivity contribution >= 4 is 0 Å². The van der Waals surface area contributed by atoms with Crippen molar-refractivity contribution in [3.8, 4) is 0 Å². The molecule has 1 aliphatic carbocycles. The number of aliphatic hydroxyl groups excluding tert-OH is 1. The summed E-state index contributed by atoms with van der Waals surface area (Å²) < 4.78 is 0. The lowest BCUT2D eigenvalue weighted by Gasteiger charge is -2.25. The van der Waals surface area contributed by atoms with Crippen molar-refractivity contribution < 1.29 is 5.11 Å². The van der Waals surface area contributed by atoms with Crippen molar-refractivity contribution in [1.29, 1.82) is 0 Å². The second kappa shape index (κ2) is 5.61. The molecule has 0 aliphatic heterocycles. The minimum absolute atomic E-state index is 0.113. The van der Waals surface area contributed by atoms with Gasteiger partial charge in [-0.2, -0.15) is 0 Å². The number of aliphatic hydroxyl groups is 1. The molecule has 0 aromatic heterocycles. The first-order valence-electron chi connectivity index (χ1n) is 5.51. The van der Waals surface area contributed by atoms with E-state index in [2.05, 4.69) is 4.90 Å². The summed E-state index contributed by atoms with van der Waals surface area (Å²) in [5.74, 6) is 0.795. The maximum atomic E-state index is 9.73. The van der Waals surface area contributed by atoms with E-state index in [4.69, 9.17) is 0 Å². The van der Waals surface area contributed by atoms with Gasteiger partial charge in [0.1, 0.15) is 0 Å². The predicted molar refractivity (Wildman–Crippen MR) is 55.8 cm³/mol. The Bertz CT molecular complexity index is 130. The van der Waals surface area contributed by atoms with Crippen molar-refractivity contribution in [2.45, 2.75) is 44.6 Å². The Labute approximate surface area is 81.9 Å². The minimum Gasteiger partial charge on any atom is -0.392 e. The summed E-state index contributed by atoms with van der Waals surface area (Å²) >= 11 is 0. The first-order chi connectivity index (χ1) is 6.18. The molecule has 1 atom stereocenters. The van der Waals surface area contributed by atoms with Gasteiger partial charge in [-0.25, -0.2) is 0 Å². The third kappa shape index (κ3) is 4.63. The fourth-order valence-electron chi connectivity index (χ4n) is 2.30. The van der Waals surface area contributed by atoms with Crippen LogP contribution in [0.15, 0.2) is 0 Å². The molecule has 1 unspecified atom stereocenters. The van der Waals surface area contributed by atoms with Gasteiger partial charge in [-0.05, 0) is 26.4 Å². The summed E-state index contributed by atoms with van der Waals surface area (Å²) in [6.45, 7) is 0.816. The van der Waals surface area contributed by atoms with Crippen LogP contribution in [0.1, 0.15) is 38.5 Å². The van der Waals surface area contributed by atoms with Gasteiger partial charge in [0.2, 0.25) is 0 Å². The van der Waals surface area contributed by atoms with E-state index in [9.17, 15) is 5.11 Å². The van der Waals surface area contributed by atoms with Crippen molar-refractivity contribution in [1.82, 2.24) is 4.90 Å². The Hall–Kier alpha value is -0.0800. The third-order valence-electron chi connectivity index (χ3n) is 2.91. The van der Waals surface area contributed by atoms with Crippen LogP contribution in [0.5, 0.6) is 0 Å². The Balaban J connectivity index is 2.14. The van der Waals surface area contributed by atoms with Gasteiger partial charge in [-0.1, -0.05) is 32.1 Å².